The Kier molecular flexibility index (Phi) is 4.10. The van der Waals surface area contributed by atoms with Crippen LogP contribution in [-0.2, 0) is 10.0 Å². The monoisotopic (exact) mass is 364 g/mol. The molecule has 2 heterocycles. The number of carbonyl (C=O) groups is 1. The van der Waals surface area contributed by atoms with E-state index in [1.165, 1.54) is 11.3 Å². The number of nitrogens with one attached hydrogen (secondary N) is 1. The molecule has 0 radical (unpaired) electrons. The van der Waals surface area contributed by atoms with E-state index in [-0.39, 0.29) is 17.2 Å². The molecule has 128 valence electrons. The lowest BCUT2D eigenvalue weighted by Gasteiger charge is -2.32. The Morgan fingerprint density at radius 1 is 1.12 bits per heavy atom. The fraction of sp³-hybridized carbons (Fsp3) is 0.471. The quantitative estimate of drug-likeness (QED) is 0.907. The molecule has 1 aromatic heterocycles. The van der Waals surface area contributed by atoms with Crippen LogP contribution in [0.3, 0.4) is 0 Å². The topological polar surface area (TPSA) is 66.5 Å². The highest BCUT2D eigenvalue weighted by Crippen LogP contribution is 2.29. The molecule has 4 rings (SSSR count). The van der Waals surface area contributed by atoms with Crippen LogP contribution in [0.2, 0.25) is 0 Å². The molecule has 1 aliphatic heterocycles. The molecule has 2 aromatic rings. The van der Waals surface area contributed by atoms with Crippen LogP contribution in [-0.4, -0.2) is 43.6 Å². The SMILES string of the molecule is O=C(c1cc2ccccc2s1)N1CCC(NS(=O)(=O)C2CC2)CC1. The van der Waals surface area contributed by atoms with Gasteiger partial charge >= 0.3 is 0 Å². The molecular weight excluding hydrogens is 344 g/mol. The summed E-state index contributed by atoms with van der Waals surface area (Å²) < 4.78 is 27.9. The van der Waals surface area contributed by atoms with Gasteiger partial charge in [-0.15, -0.1) is 11.3 Å². The number of benzene rings is 1. The molecule has 7 heteroatoms. The third-order valence-electron chi connectivity index (χ3n) is 4.71. The molecule has 1 amide bonds. The molecule has 1 saturated carbocycles. The van der Waals surface area contributed by atoms with Gasteiger partial charge in [-0.1, -0.05) is 18.2 Å². The summed E-state index contributed by atoms with van der Waals surface area (Å²) in [6.45, 7) is 1.20. The van der Waals surface area contributed by atoms with Crippen molar-refractivity contribution in [2.24, 2.45) is 0 Å². The number of thiophene rings is 1. The largest absolute Gasteiger partial charge is 0.338 e. The average molecular weight is 364 g/mol. The second-order valence-corrected chi connectivity index (χ2v) is 9.65. The van der Waals surface area contributed by atoms with Crippen molar-refractivity contribution >= 4 is 37.4 Å². The number of hydrogen-bond donors (Lipinski definition) is 1. The number of fused-ring (bicyclic) bond motifs is 1. The summed E-state index contributed by atoms with van der Waals surface area (Å²) in [6, 6.07) is 9.90. The van der Waals surface area contributed by atoms with Gasteiger partial charge in [0.25, 0.3) is 5.91 Å². The minimum atomic E-state index is -3.15. The van der Waals surface area contributed by atoms with Crippen LogP contribution in [0.25, 0.3) is 10.1 Å². The van der Waals surface area contributed by atoms with Crippen molar-refractivity contribution in [1.29, 1.82) is 0 Å². The normalized spacial score (nSPS) is 19.8. The molecule has 1 N–H and O–H groups in total. The zero-order chi connectivity index (χ0) is 16.7. The van der Waals surface area contributed by atoms with E-state index in [4.69, 9.17) is 0 Å². The first kappa shape index (κ1) is 16.1. The number of rotatable bonds is 4. The van der Waals surface area contributed by atoms with Crippen molar-refractivity contribution in [3.8, 4) is 0 Å². The van der Waals surface area contributed by atoms with E-state index in [1.807, 2.05) is 35.2 Å². The zero-order valence-corrected chi connectivity index (χ0v) is 14.9. The summed E-state index contributed by atoms with van der Waals surface area (Å²) in [7, 11) is -3.15. The lowest BCUT2D eigenvalue weighted by atomic mass is 10.1. The summed E-state index contributed by atoms with van der Waals surface area (Å²) in [5.74, 6) is 0.0553. The van der Waals surface area contributed by atoms with E-state index < -0.39 is 10.0 Å². The predicted molar refractivity (Wildman–Crippen MR) is 95.8 cm³/mol. The Balaban J connectivity index is 1.39. The first-order valence-electron chi connectivity index (χ1n) is 8.32. The minimum Gasteiger partial charge on any atom is -0.338 e. The molecule has 0 bridgehead atoms. The molecule has 1 saturated heterocycles. The summed E-state index contributed by atoms with van der Waals surface area (Å²) in [6.07, 6.45) is 2.92. The van der Waals surface area contributed by atoms with Crippen LogP contribution in [0.4, 0.5) is 0 Å². The Hall–Kier alpha value is -1.44. The standard InChI is InChI=1S/C17H20N2O3S2/c20-17(16-11-12-3-1-2-4-15(12)23-16)19-9-7-13(8-10-19)18-24(21,22)14-5-6-14/h1-4,11,13-14,18H,5-10H2. The number of hydrogen-bond acceptors (Lipinski definition) is 4. The molecule has 5 nitrogen and oxygen atoms in total. The van der Waals surface area contributed by atoms with Crippen molar-refractivity contribution in [3.63, 3.8) is 0 Å². The van der Waals surface area contributed by atoms with Crippen LogP contribution in [0.15, 0.2) is 30.3 Å². The van der Waals surface area contributed by atoms with Gasteiger partial charge in [0.1, 0.15) is 0 Å². The van der Waals surface area contributed by atoms with E-state index in [1.54, 1.807) is 0 Å². The first-order valence-corrected chi connectivity index (χ1v) is 10.7. The minimum absolute atomic E-state index is 0.0398. The van der Waals surface area contributed by atoms with E-state index in [9.17, 15) is 13.2 Å². The lowest BCUT2D eigenvalue weighted by Crippen LogP contribution is -2.47. The van der Waals surface area contributed by atoms with Gasteiger partial charge in [-0.2, -0.15) is 0 Å². The number of likely N-dealkylation sites (tertiary alicyclic amines) is 1. The van der Waals surface area contributed by atoms with E-state index in [0.29, 0.717) is 25.9 Å². The van der Waals surface area contributed by atoms with Gasteiger partial charge < -0.3 is 4.90 Å². The van der Waals surface area contributed by atoms with Gasteiger partial charge in [0.15, 0.2) is 0 Å². The summed E-state index contributed by atoms with van der Waals surface area (Å²) in [5, 5.41) is 0.911. The molecule has 0 spiro atoms. The zero-order valence-electron chi connectivity index (χ0n) is 13.3. The van der Waals surface area contributed by atoms with Gasteiger partial charge in [-0.05, 0) is 43.2 Å². The second-order valence-electron chi connectivity index (χ2n) is 6.58. The Morgan fingerprint density at radius 3 is 2.50 bits per heavy atom. The van der Waals surface area contributed by atoms with Gasteiger partial charge in [-0.25, -0.2) is 13.1 Å². The van der Waals surface area contributed by atoms with Crippen molar-refractivity contribution in [1.82, 2.24) is 9.62 Å². The molecule has 2 fully saturated rings. The van der Waals surface area contributed by atoms with Gasteiger partial charge in [0, 0.05) is 23.8 Å². The van der Waals surface area contributed by atoms with Crippen LogP contribution in [0.1, 0.15) is 35.4 Å². The molecule has 1 aliphatic carbocycles. The van der Waals surface area contributed by atoms with E-state index in [0.717, 1.165) is 27.8 Å². The molecular formula is C17H20N2O3S2. The number of amides is 1. The molecule has 0 unspecified atom stereocenters. The average Bonchev–Trinajstić information content (AvgIpc) is 3.35. The fourth-order valence-electron chi connectivity index (χ4n) is 3.15. The summed E-state index contributed by atoms with van der Waals surface area (Å²) in [5.41, 5.74) is 0. The first-order chi connectivity index (χ1) is 11.5. The molecule has 1 aromatic carbocycles. The fourth-order valence-corrected chi connectivity index (χ4v) is 5.83. The Morgan fingerprint density at radius 2 is 1.83 bits per heavy atom. The number of sulfonamides is 1. The predicted octanol–water partition coefficient (Wildman–Crippen LogP) is 2.59. The number of nitrogens with zero attached hydrogens (tertiary/aromatic N) is 1. The lowest BCUT2D eigenvalue weighted by molar-refractivity contribution is 0.0716. The van der Waals surface area contributed by atoms with Gasteiger partial charge in [0.05, 0.1) is 10.1 Å². The highest BCUT2D eigenvalue weighted by atomic mass is 32.2. The maximum atomic E-state index is 12.7. The Labute approximate surface area is 145 Å². The van der Waals surface area contributed by atoms with Crippen molar-refractivity contribution in [2.45, 2.75) is 37.0 Å². The number of carbonyl (C=O) groups excluding carboxylic acids is 1. The maximum absolute atomic E-state index is 12.7. The summed E-state index contributed by atoms with van der Waals surface area (Å²) in [4.78, 5) is 15.3. The van der Waals surface area contributed by atoms with Crippen LogP contribution in [0.5, 0.6) is 0 Å². The third kappa shape index (κ3) is 3.20. The third-order valence-corrected chi connectivity index (χ3v) is 7.83. The molecule has 2 aliphatic rings. The van der Waals surface area contributed by atoms with Crippen molar-refractivity contribution in [2.75, 3.05) is 13.1 Å². The second kappa shape index (κ2) is 6.13. The van der Waals surface area contributed by atoms with Crippen LogP contribution < -0.4 is 4.72 Å². The molecule has 24 heavy (non-hydrogen) atoms. The molecule has 0 atom stereocenters. The van der Waals surface area contributed by atoms with Crippen molar-refractivity contribution < 1.29 is 13.2 Å². The van der Waals surface area contributed by atoms with E-state index in [2.05, 4.69) is 4.72 Å². The van der Waals surface area contributed by atoms with Gasteiger partial charge in [-0.3, -0.25) is 4.79 Å². The number of piperidine rings is 1. The summed E-state index contributed by atoms with van der Waals surface area (Å²) >= 11 is 1.52. The van der Waals surface area contributed by atoms with Gasteiger partial charge in [0.2, 0.25) is 10.0 Å². The van der Waals surface area contributed by atoms with E-state index >= 15 is 0 Å². The van der Waals surface area contributed by atoms with Crippen LogP contribution >= 0.6 is 11.3 Å². The van der Waals surface area contributed by atoms with Crippen molar-refractivity contribution in [3.05, 3.63) is 35.2 Å². The maximum Gasteiger partial charge on any atom is 0.263 e. The Bertz CT molecular complexity index is 830. The highest BCUT2D eigenvalue weighted by molar-refractivity contribution is 7.90. The highest BCUT2D eigenvalue weighted by Gasteiger charge is 2.37. The smallest absolute Gasteiger partial charge is 0.263 e. The van der Waals surface area contributed by atoms with Crippen LogP contribution in [0, 0.1) is 0 Å².